The molecule has 0 spiro atoms. The number of aldehydes is 1. The Morgan fingerprint density at radius 3 is 2.76 bits per heavy atom. The van der Waals surface area contributed by atoms with Crippen LogP contribution in [-0.2, 0) is 9.53 Å². The number of aliphatic hydroxyl groups is 1. The third-order valence-electron chi connectivity index (χ3n) is 2.24. The van der Waals surface area contributed by atoms with E-state index in [0.717, 1.165) is 0 Å². The van der Waals surface area contributed by atoms with Gasteiger partial charge < -0.3 is 15.2 Å². The molecule has 2 unspecified atom stereocenters. The van der Waals surface area contributed by atoms with Crippen LogP contribution >= 0.6 is 0 Å². The van der Waals surface area contributed by atoms with Crippen molar-refractivity contribution < 1.29 is 19.4 Å². The lowest BCUT2D eigenvalue weighted by Gasteiger charge is -2.24. The van der Waals surface area contributed by atoms with Crippen LogP contribution in [0.15, 0.2) is 23.9 Å². The van der Waals surface area contributed by atoms with Gasteiger partial charge in [-0.1, -0.05) is 6.08 Å². The van der Waals surface area contributed by atoms with Gasteiger partial charge in [-0.2, -0.15) is 0 Å². The van der Waals surface area contributed by atoms with E-state index in [0.29, 0.717) is 11.9 Å². The van der Waals surface area contributed by atoms with Crippen LogP contribution in [0.4, 0.5) is 4.79 Å². The predicted molar refractivity (Wildman–Crippen MR) is 61.0 cm³/mol. The van der Waals surface area contributed by atoms with Gasteiger partial charge in [0.15, 0.2) is 6.23 Å². The van der Waals surface area contributed by atoms with Gasteiger partial charge in [0.1, 0.15) is 12.4 Å². The molecule has 1 rings (SSSR count). The van der Waals surface area contributed by atoms with Gasteiger partial charge in [0.25, 0.3) is 0 Å². The zero-order valence-electron chi connectivity index (χ0n) is 9.79. The molecule has 2 atom stereocenters. The highest BCUT2D eigenvalue weighted by molar-refractivity contribution is 5.78. The summed E-state index contributed by atoms with van der Waals surface area (Å²) in [6.07, 6.45) is 4.35. The summed E-state index contributed by atoms with van der Waals surface area (Å²) in [6.45, 7) is 1.44. The summed E-state index contributed by atoms with van der Waals surface area (Å²) in [6, 6.07) is -0.389. The van der Waals surface area contributed by atoms with E-state index in [1.807, 2.05) is 0 Å². The summed E-state index contributed by atoms with van der Waals surface area (Å²) < 4.78 is 5.38. The molecule has 1 heterocycles. The molecule has 0 fully saturated rings. The number of nitrogens with one attached hydrogen (secondary N) is 1. The topological polar surface area (TPSA) is 78.9 Å². The molecule has 6 nitrogen and oxygen atoms in total. The molecule has 0 aromatic carbocycles. The van der Waals surface area contributed by atoms with Crippen molar-refractivity contribution in [1.82, 2.24) is 10.2 Å². The van der Waals surface area contributed by atoms with Crippen LogP contribution in [0.3, 0.4) is 0 Å². The highest BCUT2D eigenvalue weighted by Gasteiger charge is 2.26. The van der Waals surface area contributed by atoms with E-state index >= 15 is 0 Å². The van der Waals surface area contributed by atoms with E-state index in [1.165, 1.54) is 18.1 Å². The lowest BCUT2D eigenvalue weighted by Crippen LogP contribution is -2.42. The lowest BCUT2D eigenvalue weighted by molar-refractivity contribution is -0.105. The number of nitrogens with zero attached hydrogens (tertiary/aromatic N) is 1. The van der Waals surface area contributed by atoms with Crippen molar-refractivity contribution in [3.05, 3.63) is 23.9 Å². The van der Waals surface area contributed by atoms with Gasteiger partial charge in [-0.3, -0.25) is 9.69 Å². The van der Waals surface area contributed by atoms with Gasteiger partial charge >= 0.3 is 6.03 Å². The second kappa shape index (κ2) is 6.17. The van der Waals surface area contributed by atoms with E-state index < -0.39 is 12.3 Å². The number of rotatable bonds is 4. The van der Waals surface area contributed by atoms with Gasteiger partial charge in [0.05, 0.1) is 6.61 Å². The Hall–Kier alpha value is -1.66. The molecule has 0 bridgehead atoms. The Balaban J connectivity index is 2.82. The third-order valence-corrected chi connectivity index (χ3v) is 2.24. The number of aliphatic hydroxyl groups excluding tert-OH is 1. The number of urea groups is 1. The second-order valence-corrected chi connectivity index (χ2v) is 3.59. The highest BCUT2D eigenvalue weighted by atomic mass is 16.5. The minimum Gasteiger partial charge on any atom is -0.393 e. The zero-order chi connectivity index (χ0) is 12.8. The van der Waals surface area contributed by atoms with Crippen LogP contribution in [0.25, 0.3) is 0 Å². The number of carbonyl (C=O) groups is 2. The van der Waals surface area contributed by atoms with E-state index in [9.17, 15) is 9.59 Å². The molecule has 1 aliphatic heterocycles. The summed E-state index contributed by atoms with van der Waals surface area (Å²) >= 11 is 0. The molecular formula is C11H16N2O4. The Kier molecular flexibility index (Phi) is 4.86. The van der Waals surface area contributed by atoms with Gasteiger partial charge in [-0.05, 0) is 13.0 Å². The van der Waals surface area contributed by atoms with Gasteiger partial charge in [0, 0.05) is 18.8 Å². The van der Waals surface area contributed by atoms with E-state index in [1.54, 1.807) is 19.1 Å². The van der Waals surface area contributed by atoms with Crippen molar-refractivity contribution >= 4 is 12.3 Å². The Labute approximate surface area is 99.5 Å². The quantitative estimate of drug-likeness (QED) is 0.412. The number of hydrogen-bond donors (Lipinski definition) is 2. The maximum absolute atomic E-state index is 11.6. The molecule has 0 saturated carbocycles. The molecule has 0 radical (unpaired) electrons. The van der Waals surface area contributed by atoms with Gasteiger partial charge in [-0.25, -0.2) is 4.79 Å². The molecular weight excluding hydrogens is 224 g/mol. The van der Waals surface area contributed by atoms with E-state index in [4.69, 9.17) is 9.84 Å². The number of ether oxygens (including phenoxy) is 1. The van der Waals surface area contributed by atoms with Crippen LogP contribution in [0.5, 0.6) is 0 Å². The summed E-state index contributed by atoms with van der Waals surface area (Å²) in [7, 11) is 1.49. The standard InChI is InChI=1S/C11H16N2O4/c1-8(6-14)5-13(11(16)12-2)10-4-3-9(7-15)17-10/h3-6,9-10,15H,7H2,1-2H3,(H,12,16)/b8-5-. The highest BCUT2D eigenvalue weighted by Crippen LogP contribution is 2.16. The summed E-state index contributed by atoms with van der Waals surface area (Å²) in [5, 5.41) is 11.4. The maximum atomic E-state index is 11.6. The van der Waals surface area contributed by atoms with Crippen LogP contribution in [0.1, 0.15) is 6.92 Å². The van der Waals surface area contributed by atoms with E-state index in [2.05, 4.69) is 5.32 Å². The number of hydrogen-bond acceptors (Lipinski definition) is 4. The summed E-state index contributed by atoms with van der Waals surface area (Å²) in [4.78, 5) is 23.4. The molecule has 0 saturated heterocycles. The first-order valence-corrected chi connectivity index (χ1v) is 5.20. The molecule has 0 aromatic heterocycles. The third kappa shape index (κ3) is 3.40. The number of allylic oxidation sites excluding steroid dienone is 1. The fourth-order valence-corrected chi connectivity index (χ4v) is 1.38. The number of carbonyl (C=O) groups excluding carboxylic acids is 2. The molecule has 0 aliphatic carbocycles. The molecule has 2 N–H and O–H groups in total. The Morgan fingerprint density at radius 1 is 1.59 bits per heavy atom. The summed E-state index contributed by atoms with van der Waals surface area (Å²) in [5.41, 5.74) is 0.401. The maximum Gasteiger partial charge on any atom is 0.323 e. The second-order valence-electron chi connectivity index (χ2n) is 3.59. The van der Waals surface area contributed by atoms with Crippen molar-refractivity contribution in [2.75, 3.05) is 13.7 Å². The van der Waals surface area contributed by atoms with Crippen LogP contribution < -0.4 is 5.32 Å². The fourth-order valence-electron chi connectivity index (χ4n) is 1.38. The van der Waals surface area contributed by atoms with E-state index in [-0.39, 0.29) is 12.6 Å². The van der Waals surface area contributed by atoms with Crippen molar-refractivity contribution in [2.45, 2.75) is 19.3 Å². The molecule has 0 aromatic rings. The van der Waals surface area contributed by atoms with Crippen LogP contribution in [0, 0.1) is 0 Å². The van der Waals surface area contributed by atoms with Gasteiger partial charge in [0.2, 0.25) is 0 Å². The molecule has 1 aliphatic rings. The number of amides is 2. The molecule has 6 heteroatoms. The lowest BCUT2D eigenvalue weighted by atomic mass is 10.3. The minimum atomic E-state index is -0.609. The Morgan fingerprint density at radius 2 is 2.29 bits per heavy atom. The van der Waals surface area contributed by atoms with Crippen LogP contribution in [-0.4, -0.2) is 48.3 Å². The normalized spacial score (nSPS) is 23.6. The minimum absolute atomic E-state index is 0.148. The average molecular weight is 240 g/mol. The van der Waals surface area contributed by atoms with Crippen molar-refractivity contribution in [3.8, 4) is 0 Å². The van der Waals surface area contributed by atoms with Crippen LogP contribution in [0.2, 0.25) is 0 Å². The average Bonchev–Trinajstić information content (AvgIpc) is 2.83. The largest absolute Gasteiger partial charge is 0.393 e. The summed E-state index contributed by atoms with van der Waals surface area (Å²) in [5.74, 6) is 0. The molecule has 94 valence electrons. The first kappa shape index (κ1) is 13.4. The van der Waals surface area contributed by atoms with Crippen molar-refractivity contribution in [2.24, 2.45) is 0 Å². The molecule has 17 heavy (non-hydrogen) atoms. The SMILES string of the molecule is CNC(=O)N(/C=C(/C)C=O)C1C=CC(CO)O1. The van der Waals surface area contributed by atoms with Crippen molar-refractivity contribution in [1.29, 1.82) is 0 Å². The smallest absolute Gasteiger partial charge is 0.323 e. The zero-order valence-corrected chi connectivity index (χ0v) is 9.79. The first-order valence-electron chi connectivity index (χ1n) is 5.20. The first-order chi connectivity index (χ1) is 8.12. The predicted octanol–water partition coefficient (Wildman–Crippen LogP) is 0.00390. The molecule has 2 amide bonds. The van der Waals surface area contributed by atoms with Crippen molar-refractivity contribution in [3.63, 3.8) is 0 Å². The Bertz CT molecular complexity index is 351. The fraction of sp³-hybridized carbons (Fsp3) is 0.455. The monoisotopic (exact) mass is 240 g/mol. The van der Waals surface area contributed by atoms with Gasteiger partial charge in [-0.15, -0.1) is 0 Å².